The Morgan fingerprint density at radius 1 is 0.806 bits per heavy atom. The number of nitrogens with zero attached hydrogens (tertiary/aromatic N) is 6. The minimum absolute atomic E-state index is 0.334. The zero-order valence-electron chi connectivity index (χ0n) is 16.5. The zero-order valence-corrected chi connectivity index (χ0v) is 16.5. The van der Waals surface area contributed by atoms with Gasteiger partial charge in [-0.3, -0.25) is 14.5 Å². The van der Waals surface area contributed by atoms with Gasteiger partial charge in [-0.15, -0.1) is 0 Å². The fourth-order valence-electron chi connectivity index (χ4n) is 3.23. The molecule has 7 heteroatoms. The van der Waals surface area contributed by atoms with Gasteiger partial charge in [0.1, 0.15) is 6.33 Å². The molecule has 2 N–H and O–H groups in total. The largest absolute Gasteiger partial charge is 0.382 e. The van der Waals surface area contributed by atoms with Crippen molar-refractivity contribution in [2.45, 2.75) is 6.54 Å². The molecule has 0 atom stereocenters. The maximum atomic E-state index is 6.02. The summed E-state index contributed by atoms with van der Waals surface area (Å²) in [4.78, 5) is 21.8. The Morgan fingerprint density at radius 2 is 1.65 bits per heavy atom. The molecule has 0 unspecified atom stereocenters. The fraction of sp³-hybridized carbons (Fsp3) is 0.0417. The molecule has 31 heavy (non-hydrogen) atoms. The Bertz CT molecular complexity index is 1400. The number of benzene rings is 1. The third kappa shape index (κ3) is 3.82. The van der Waals surface area contributed by atoms with Gasteiger partial charge in [0.05, 0.1) is 17.9 Å². The van der Waals surface area contributed by atoms with Crippen LogP contribution < -0.4 is 5.73 Å². The second kappa shape index (κ2) is 8.05. The predicted octanol–water partition coefficient (Wildman–Crippen LogP) is 3.31. The number of anilines is 1. The van der Waals surface area contributed by atoms with E-state index in [-0.39, 0.29) is 0 Å². The summed E-state index contributed by atoms with van der Waals surface area (Å²) in [7, 11) is 0. The number of aromatic nitrogens is 6. The number of pyridine rings is 2. The number of nitrogens with two attached hydrogens (primary N) is 1. The molecule has 0 amide bonds. The highest BCUT2D eigenvalue weighted by Crippen LogP contribution is 2.19. The average molecular weight is 403 g/mol. The second-order valence-electron chi connectivity index (χ2n) is 6.84. The number of nitrogen functional groups attached to an aromatic ring is 1. The van der Waals surface area contributed by atoms with E-state index in [2.05, 4.69) is 36.8 Å². The minimum atomic E-state index is 0.334. The van der Waals surface area contributed by atoms with Crippen LogP contribution in [0.2, 0.25) is 0 Å². The first-order valence-corrected chi connectivity index (χ1v) is 9.68. The van der Waals surface area contributed by atoms with Crippen molar-refractivity contribution in [2.24, 2.45) is 0 Å². The van der Waals surface area contributed by atoms with E-state index in [4.69, 9.17) is 5.73 Å². The highest BCUT2D eigenvalue weighted by Gasteiger charge is 2.13. The summed E-state index contributed by atoms with van der Waals surface area (Å²) in [6, 6.07) is 19.6. The minimum Gasteiger partial charge on any atom is -0.382 e. The van der Waals surface area contributed by atoms with Crippen molar-refractivity contribution in [3.05, 3.63) is 96.3 Å². The van der Waals surface area contributed by atoms with Gasteiger partial charge in [0.15, 0.2) is 22.8 Å². The zero-order chi connectivity index (χ0) is 21.0. The maximum absolute atomic E-state index is 6.02. The Labute approximate surface area is 178 Å². The molecule has 0 bridgehead atoms. The van der Waals surface area contributed by atoms with Crippen molar-refractivity contribution in [3.8, 4) is 23.2 Å². The first-order valence-electron chi connectivity index (χ1n) is 9.68. The van der Waals surface area contributed by atoms with E-state index in [0.717, 1.165) is 22.5 Å². The first kappa shape index (κ1) is 18.5. The van der Waals surface area contributed by atoms with Gasteiger partial charge in [0.2, 0.25) is 0 Å². The van der Waals surface area contributed by atoms with Gasteiger partial charge < -0.3 is 5.73 Å². The van der Waals surface area contributed by atoms with Crippen LogP contribution in [0, 0.1) is 11.8 Å². The lowest BCUT2D eigenvalue weighted by atomic mass is 10.2. The molecular formula is C24H17N7. The summed E-state index contributed by atoms with van der Waals surface area (Å²) < 4.78 is 1.95. The predicted molar refractivity (Wildman–Crippen MR) is 119 cm³/mol. The lowest BCUT2D eigenvalue weighted by Gasteiger charge is -2.05. The molecular weight excluding hydrogens is 386 g/mol. The Balaban J connectivity index is 1.52. The summed E-state index contributed by atoms with van der Waals surface area (Å²) >= 11 is 0. The van der Waals surface area contributed by atoms with E-state index in [1.165, 1.54) is 6.33 Å². The average Bonchev–Trinajstić information content (AvgIpc) is 3.18. The van der Waals surface area contributed by atoms with Crippen molar-refractivity contribution in [1.82, 2.24) is 29.5 Å². The quantitative estimate of drug-likeness (QED) is 0.464. The molecule has 4 aromatic heterocycles. The molecule has 0 aliphatic heterocycles. The second-order valence-corrected chi connectivity index (χ2v) is 6.84. The van der Waals surface area contributed by atoms with Crippen LogP contribution in [0.15, 0.2) is 79.4 Å². The molecule has 5 rings (SSSR count). The number of imidazole rings is 1. The lowest BCUT2D eigenvalue weighted by Crippen LogP contribution is -2.04. The van der Waals surface area contributed by atoms with E-state index < -0.39 is 0 Å². The maximum Gasteiger partial charge on any atom is 0.188 e. The summed E-state index contributed by atoms with van der Waals surface area (Å²) in [6.45, 7) is 0.578. The van der Waals surface area contributed by atoms with Gasteiger partial charge in [0.25, 0.3) is 0 Å². The van der Waals surface area contributed by atoms with Gasteiger partial charge in [-0.05, 0) is 35.7 Å². The van der Waals surface area contributed by atoms with Gasteiger partial charge in [0, 0.05) is 18.0 Å². The first-order chi connectivity index (χ1) is 15.3. The van der Waals surface area contributed by atoms with Crippen LogP contribution in [0.3, 0.4) is 0 Å². The number of hydrogen-bond donors (Lipinski definition) is 1. The standard InChI is InChI=1S/C24H17N7/c25-23-22-24(29-16-28-23)31(15-18-6-2-1-3-7-18)21(30-22)12-10-17-9-11-20(27-14-17)19-8-4-5-13-26-19/h1-9,11,13-14,16H,15H2,(H2,25,28,29). The van der Waals surface area contributed by atoms with Crippen molar-refractivity contribution < 1.29 is 0 Å². The van der Waals surface area contributed by atoms with Crippen molar-refractivity contribution in [2.75, 3.05) is 5.73 Å². The van der Waals surface area contributed by atoms with Crippen molar-refractivity contribution in [3.63, 3.8) is 0 Å². The van der Waals surface area contributed by atoms with Gasteiger partial charge >= 0.3 is 0 Å². The third-order valence-electron chi connectivity index (χ3n) is 4.75. The highest BCUT2D eigenvalue weighted by molar-refractivity contribution is 5.82. The Morgan fingerprint density at radius 3 is 2.42 bits per heavy atom. The Hall–Kier alpha value is -4.57. The van der Waals surface area contributed by atoms with E-state index in [1.807, 2.05) is 65.2 Å². The molecule has 0 radical (unpaired) electrons. The summed E-state index contributed by atoms with van der Waals surface area (Å²) in [5.74, 6) is 7.19. The molecule has 5 aromatic rings. The number of hydrogen-bond acceptors (Lipinski definition) is 6. The third-order valence-corrected chi connectivity index (χ3v) is 4.75. The van der Waals surface area contributed by atoms with Crippen LogP contribution in [0.1, 0.15) is 17.0 Å². The molecule has 0 aliphatic carbocycles. The normalized spacial score (nSPS) is 10.6. The molecule has 0 fully saturated rings. The van der Waals surface area contributed by atoms with E-state index in [0.29, 0.717) is 29.4 Å². The molecule has 1 aromatic carbocycles. The monoisotopic (exact) mass is 403 g/mol. The van der Waals surface area contributed by atoms with Gasteiger partial charge in [-0.1, -0.05) is 42.3 Å². The summed E-state index contributed by atoms with van der Waals surface area (Å²) in [5.41, 5.74) is 10.7. The number of fused-ring (bicyclic) bond motifs is 1. The van der Waals surface area contributed by atoms with Gasteiger partial charge in [-0.25, -0.2) is 15.0 Å². The van der Waals surface area contributed by atoms with Crippen LogP contribution in [-0.4, -0.2) is 29.5 Å². The molecule has 7 nitrogen and oxygen atoms in total. The molecule has 0 aliphatic rings. The van der Waals surface area contributed by atoms with Crippen molar-refractivity contribution in [1.29, 1.82) is 0 Å². The number of rotatable bonds is 3. The highest BCUT2D eigenvalue weighted by atomic mass is 15.1. The van der Waals surface area contributed by atoms with E-state index >= 15 is 0 Å². The van der Waals surface area contributed by atoms with E-state index in [9.17, 15) is 0 Å². The van der Waals surface area contributed by atoms with Crippen LogP contribution in [0.4, 0.5) is 5.82 Å². The topological polar surface area (TPSA) is 95.4 Å². The van der Waals surface area contributed by atoms with Gasteiger partial charge in [-0.2, -0.15) is 0 Å². The Kier molecular flexibility index (Phi) is 4.79. The van der Waals surface area contributed by atoms with Crippen LogP contribution in [0.5, 0.6) is 0 Å². The fourth-order valence-corrected chi connectivity index (χ4v) is 3.23. The van der Waals surface area contributed by atoms with Crippen LogP contribution in [-0.2, 0) is 6.54 Å². The summed E-state index contributed by atoms with van der Waals surface area (Å²) in [5, 5.41) is 0. The molecule has 0 saturated carbocycles. The summed E-state index contributed by atoms with van der Waals surface area (Å²) in [6.07, 6.45) is 4.92. The smallest absolute Gasteiger partial charge is 0.188 e. The molecule has 0 saturated heterocycles. The van der Waals surface area contributed by atoms with Crippen LogP contribution >= 0.6 is 0 Å². The van der Waals surface area contributed by atoms with Crippen LogP contribution in [0.25, 0.3) is 22.6 Å². The molecule has 0 spiro atoms. The van der Waals surface area contributed by atoms with E-state index in [1.54, 1.807) is 12.4 Å². The molecule has 4 heterocycles. The molecule has 148 valence electrons. The SMILES string of the molecule is Nc1ncnc2c1nc(C#Cc1ccc(-c3ccccn3)nc1)n2Cc1ccccc1. The van der Waals surface area contributed by atoms with Crippen molar-refractivity contribution >= 4 is 17.0 Å². The lowest BCUT2D eigenvalue weighted by molar-refractivity contribution is 0.800.